The minimum Gasteiger partial charge on any atom is -0.391 e. The highest BCUT2D eigenvalue weighted by Crippen LogP contribution is 2.13. The van der Waals surface area contributed by atoms with Gasteiger partial charge in [0.25, 0.3) is 0 Å². The number of aryl methyl sites for hydroxylation is 2. The van der Waals surface area contributed by atoms with E-state index < -0.39 is 0 Å². The zero-order chi connectivity index (χ0) is 10.7. The average Bonchev–Trinajstić information content (AvgIpc) is 2.84. The first-order valence-corrected chi connectivity index (χ1v) is 5.64. The molecule has 0 amide bonds. The van der Waals surface area contributed by atoms with Crippen LogP contribution in [0.3, 0.4) is 0 Å². The summed E-state index contributed by atoms with van der Waals surface area (Å²) in [6, 6.07) is 0.307. The molecule has 1 aromatic heterocycles. The van der Waals surface area contributed by atoms with Crippen molar-refractivity contribution in [3.8, 4) is 0 Å². The maximum atomic E-state index is 9.93. The van der Waals surface area contributed by atoms with Gasteiger partial charge in [0.15, 0.2) is 0 Å². The van der Waals surface area contributed by atoms with Crippen molar-refractivity contribution >= 4 is 0 Å². The quantitative estimate of drug-likeness (QED) is 0.757. The molecule has 0 radical (unpaired) electrons. The van der Waals surface area contributed by atoms with Crippen molar-refractivity contribution in [3.05, 3.63) is 18.0 Å². The van der Waals surface area contributed by atoms with Crippen LogP contribution in [0, 0.1) is 0 Å². The minimum absolute atomic E-state index is 0.215. The lowest BCUT2D eigenvalue weighted by Gasteiger charge is -2.17. The fourth-order valence-corrected chi connectivity index (χ4v) is 2.16. The zero-order valence-corrected chi connectivity index (χ0v) is 9.19. The molecule has 84 valence electrons. The summed E-state index contributed by atoms with van der Waals surface area (Å²) in [5, 5.41) is 17.4. The van der Waals surface area contributed by atoms with E-state index in [-0.39, 0.29) is 6.10 Å². The van der Waals surface area contributed by atoms with Crippen molar-refractivity contribution in [1.29, 1.82) is 0 Å². The van der Waals surface area contributed by atoms with Crippen LogP contribution < -0.4 is 5.32 Å². The van der Waals surface area contributed by atoms with Crippen molar-refractivity contribution in [1.82, 2.24) is 15.1 Å². The van der Waals surface area contributed by atoms with Crippen LogP contribution in [0.4, 0.5) is 0 Å². The summed E-state index contributed by atoms with van der Waals surface area (Å²) < 4.78 is 1.80. The van der Waals surface area contributed by atoms with Crippen LogP contribution in [-0.4, -0.2) is 33.6 Å². The van der Waals surface area contributed by atoms with Gasteiger partial charge in [-0.05, 0) is 37.8 Å². The monoisotopic (exact) mass is 209 g/mol. The normalized spacial score (nSPS) is 23.2. The molecule has 2 N–H and O–H groups in total. The van der Waals surface area contributed by atoms with Crippen molar-refractivity contribution in [2.45, 2.75) is 37.8 Å². The predicted molar refractivity (Wildman–Crippen MR) is 58.6 cm³/mol. The number of rotatable bonds is 4. The molecule has 0 saturated carbocycles. The third-order valence-electron chi connectivity index (χ3n) is 3.05. The third kappa shape index (κ3) is 2.79. The number of hydrogen-bond acceptors (Lipinski definition) is 3. The second-order valence-corrected chi connectivity index (χ2v) is 4.33. The molecule has 0 aliphatic carbocycles. The van der Waals surface area contributed by atoms with E-state index in [1.54, 1.807) is 4.68 Å². The minimum atomic E-state index is -0.215. The van der Waals surface area contributed by atoms with Gasteiger partial charge in [0, 0.05) is 19.3 Å². The molecule has 0 spiro atoms. The molecule has 4 heteroatoms. The third-order valence-corrected chi connectivity index (χ3v) is 3.05. The highest BCUT2D eigenvalue weighted by molar-refractivity contribution is 5.04. The van der Waals surface area contributed by atoms with Crippen LogP contribution in [0.1, 0.15) is 24.8 Å². The van der Waals surface area contributed by atoms with Gasteiger partial charge in [-0.1, -0.05) is 0 Å². The standard InChI is InChI=1S/C11H19N3O/c1-14-8-9(7-13-14)4-5-11(15)10-3-2-6-12-10/h7-8,10-12,15H,2-6H2,1H3. The summed E-state index contributed by atoms with van der Waals surface area (Å²) in [5.74, 6) is 0. The van der Waals surface area contributed by atoms with Gasteiger partial charge in [-0.2, -0.15) is 5.10 Å². The van der Waals surface area contributed by atoms with Crippen molar-refractivity contribution in [3.63, 3.8) is 0 Å². The van der Waals surface area contributed by atoms with Crippen LogP contribution in [-0.2, 0) is 13.5 Å². The lowest BCUT2D eigenvalue weighted by atomic mass is 10.0. The molecule has 2 heterocycles. The lowest BCUT2D eigenvalue weighted by Crippen LogP contribution is -2.34. The van der Waals surface area contributed by atoms with Crippen LogP contribution >= 0.6 is 0 Å². The first kappa shape index (κ1) is 10.6. The molecular weight excluding hydrogens is 190 g/mol. The van der Waals surface area contributed by atoms with E-state index in [1.807, 2.05) is 19.4 Å². The summed E-state index contributed by atoms with van der Waals surface area (Å²) in [7, 11) is 1.92. The van der Waals surface area contributed by atoms with Gasteiger partial charge in [0.05, 0.1) is 12.3 Å². The number of aliphatic hydroxyl groups is 1. The number of aliphatic hydroxyl groups excluding tert-OH is 1. The van der Waals surface area contributed by atoms with Gasteiger partial charge in [-0.3, -0.25) is 4.68 Å². The number of nitrogens with zero attached hydrogens (tertiary/aromatic N) is 2. The second-order valence-electron chi connectivity index (χ2n) is 4.33. The summed E-state index contributed by atoms with van der Waals surface area (Å²) in [4.78, 5) is 0. The van der Waals surface area contributed by atoms with E-state index in [0.717, 1.165) is 25.8 Å². The molecule has 0 aromatic carbocycles. The fraction of sp³-hybridized carbons (Fsp3) is 0.727. The SMILES string of the molecule is Cn1cc(CCC(O)C2CCCN2)cn1. The smallest absolute Gasteiger partial charge is 0.0696 e. The average molecular weight is 209 g/mol. The highest BCUT2D eigenvalue weighted by Gasteiger charge is 2.22. The Hall–Kier alpha value is -0.870. The molecule has 2 rings (SSSR count). The van der Waals surface area contributed by atoms with Crippen LogP contribution in [0.2, 0.25) is 0 Å². The lowest BCUT2D eigenvalue weighted by molar-refractivity contribution is 0.127. The number of nitrogens with one attached hydrogen (secondary N) is 1. The summed E-state index contributed by atoms with van der Waals surface area (Å²) in [6.45, 7) is 1.05. The Morgan fingerprint density at radius 2 is 2.60 bits per heavy atom. The van der Waals surface area contributed by atoms with Gasteiger partial charge in [0.1, 0.15) is 0 Å². The maximum absolute atomic E-state index is 9.93. The topological polar surface area (TPSA) is 50.1 Å². The van der Waals surface area contributed by atoms with E-state index in [2.05, 4.69) is 10.4 Å². The molecule has 1 aliphatic rings. The first-order valence-electron chi connectivity index (χ1n) is 5.64. The van der Waals surface area contributed by atoms with Crippen molar-refractivity contribution in [2.24, 2.45) is 7.05 Å². The molecular formula is C11H19N3O. The van der Waals surface area contributed by atoms with Gasteiger partial charge < -0.3 is 10.4 Å². The summed E-state index contributed by atoms with van der Waals surface area (Å²) in [5.41, 5.74) is 1.20. The van der Waals surface area contributed by atoms with Crippen molar-refractivity contribution in [2.75, 3.05) is 6.54 Å². The van der Waals surface area contributed by atoms with Crippen LogP contribution in [0.15, 0.2) is 12.4 Å². The summed E-state index contributed by atoms with van der Waals surface area (Å²) >= 11 is 0. The predicted octanol–water partition coefficient (Wildman–Crippen LogP) is 0.466. The van der Waals surface area contributed by atoms with E-state index in [9.17, 15) is 5.11 Å². The van der Waals surface area contributed by atoms with Gasteiger partial charge in [-0.15, -0.1) is 0 Å². The van der Waals surface area contributed by atoms with E-state index in [0.29, 0.717) is 6.04 Å². The van der Waals surface area contributed by atoms with Crippen LogP contribution in [0.5, 0.6) is 0 Å². The Morgan fingerprint density at radius 3 is 3.20 bits per heavy atom. The Morgan fingerprint density at radius 1 is 1.73 bits per heavy atom. The second kappa shape index (κ2) is 4.77. The molecule has 1 aliphatic heterocycles. The fourth-order valence-electron chi connectivity index (χ4n) is 2.16. The number of hydrogen-bond donors (Lipinski definition) is 2. The largest absolute Gasteiger partial charge is 0.391 e. The molecule has 1 saturated heterocycles. The van der Waals surface area contributed by atoms with Gasteiger partial charge >= 0.3 is 0 Å². The Balaban J connectivity index is 1.77. The highest BCUT2D eigenvalue weighted by atomic mass is 16.3. The van der Waals surface area contributed by atoms with E-state index in [1.165, 1.54) is 12.0 Å². The zero-order valence-electron chi connectivity index (χ0n) is 9.19. The van der Waals surface area contributed by atoms with E-state index in [4.69, 9.17) is 0 Å². The van der Waals surface area contributed by atoms with Crippen LogP contribution in [0.25, 0.3) is 0 Å². The van der Waals surface area contributed by atoms with Gasteiger partial charge in [0.2, 0.25) is 0 Å². The Kier molecular flexibility index (Phi) is 3.38. The van der Waals surface area contributed by atoms with Gasteiger partial charge in [-0.25, -0.2) is 0 Å². The van der Waals surface area contributed by atoms with E-state index >= 15 is 0 Å². The molecule has 15 heavy (non-hydrogen) atoms. The molecule has 2 atom stereocenters. The molecule has 2 unspecified atom stereocenters. The number of aromatic nitrogens is 2. The molecule has 0 bridgehead atoms. The molecule has 4 nitrogen and oxygen atoms in total. The maximum Gasteiger partial charge on any atom is 0.0696 e. The Labute approximate surface area is 90.3 Å². The summed E-state index contributed by atoms with van der Waals surface area (Å²) in [6.07, 6.45) is 7.69. The first-order chi connectivity index (χ1) is 7.25. The molecule has 1 aromatic rings. The molecule has 1 fully saturated rings. The Bertz CT molecular complexity index is 305. The van der Waals surface area contributed by atoms with Crippen molar-refractivity contribution < 1.29 is 5.11 Å².